The quantitative estimate of drug-likeness (QED) is 0.232. The lowest BCUT2D eigenvalue weighted by molar-refractivity contribution is -0.385. The summed E-state index contributed by atoms with van der Waals surface area (Å²) in [6.07, 6.45) is -3.18. The topological polar surface area (TPSA) is 114 Å². The van der Waals surface area contributed by atoms with Crippen LogP contribution in [0.1, 0.15) is 22.5 Å². The van der Waals surface area contributed by atoms with Crippen molar-refractivity contribution < 1.29 is 40.0 Å². The van der Waals surface area contributed by atoms with E-state index < -0.39 is 22.4 Å². The lowest BCUT2D eigenvalue weighted by Crippen LogP contribution is -3.00. The molecule has 12 heteroatoms. The molecule has 0 saturated heterocycles. The van der Waals surface area contributed by atoms with E-state index in [1.807, 2.05) is 25.1 Å². The molecule has 0 bridgehead atoms. The summed E-state index contributed by atoms with van der Waals surface area (Å²) in [5, 5.41) is 21.0. The Morgan fingerprint density at radius 1 is 1.11 bits per heavy atom. The monoisotopic (exact) mass is 529 g/mol. The third-order valence-corrected chi connectivity index (χ3v) is 5.21. The number of nitriles is 1. The largest absolute Gasteiger partial charge is 1.00 e. The summed E-state index contributed by atoms with van der Waals surface area (Å²) in [5.74, 6) is 0.174. The second-order valence-electron chi connectivity index (χ2n) is 7.73. The van der Waals surface area contributed by atoms with E-state index >= 15 is 0 Å². The van der Waals surface area contributed by atoms with E-state index in [1.54, 1.807) is 12.1 Å². The molecule has 1 N–H and O–H groups in total. The number of imidazole rings is 1. The summed E-state index contributed by atoms with van der Waals surface area (Å²) < 4.78 is 49.8. The molecule has 0 atom stereocenters. The Morgan fingerprint density at radius 2 is 1.84 bits per heavy atom. The van der Waals surface area contributed by atoms with Crippen LogP contribution in [0.4, 0.5) is 18.9 Å². The first kappa shape index (κ1) is 27.0. The van der Waals surface area contributed by atoms with E-state index in [0.29, 0.717) is 29.0 Å². The minimum absolute atomic E-state index is 0. The number of halogens is 4. The number of aryl methyl sites for hydroxylation is 1. The number of methoxy groups -OCH3 is 1. The van der Waals surface area contributed by atoms with Crippen LogP contribution in [0.25, 0.3) is 22.7 Å². The Morgan fingerprint density at radius 3 is 2.49 bits per heavy atom. The molecule has 4 rings (SSSR count). The molecule has 190 valence electrons. The average Bonchev–Trinajstić information content (AvgIpc) is 3.25. The number of allylic oxidation sites excluding steroid dienone is 1. The summed E-state index contributed by atoms with van der Waals surface area (Å²) in [6.45, 7) is 1.94. The number of nitrogens with zero attached hydrogens (tertiary/aromatic N) is 3. The van der Waals surface area contributed by atoms with Gasteiger partial charge in [-0.05, 0) is 60.5 Å². The maximum atomic E-state index is 13.0. The highest BCUT2D eigenvalue weighted by atomic mass is 35.5. The maximum absolute atomic E-state index is 13.0. The van der Waals surface area contributed by atoms with Crippen molar-refractivity contribution in [3.05, 3.63) is 87.2 Å². The molecule has 0 unspecified atom stereocenters. The molecule has 0 amide bonds. The Hall–Kier alpha value is -4.56. The minimum atomic E-state index is -4.74. The van der Waals surface area contributed by atoms with E-state index in [0.717, 1.165) is 17.1 Å². The number of rotatable bonds is 6. The number of H-pyrrole nitrogens is 1. The molecule has 0 spiro atoms. The predicted molar refractivity (Wildman–Crippen MR) is 125 cm³/mol. The Labute approximate surface area is 214 Å². The average molecular weight is 530 g/mol. The van der Waals surface area contributed by atoms with Gasteiger partial charge in [0, 0.05) is 6.07 Å². The Kier molecular flexibility index (Phi) is 7.74. The molecular weight excluding hydrogens is 513 g/mol. The summed E-state index contributed by atoms with van der Waals surface area (Å²) >= 11 is 0. The molecule has 0 aliphatic carbocycles. The van der Waals surface area contributed by atoms with E-state index in [2.05, 4.69) is 16.0 Å². The molecule has 0 aliphatic heterocycles. The van der Waals surface area contributed by atoms with Gasteiger partial charge in [0.2, 0.25) is 5.75 Å². The fourth-order valence-corrected chi connectivity index (χ4v) is 3.47. The number of benzene rings is 3. The number of ether oxygens (including phenoxy) is 2. The van der Waals surface area contributed by atoms with Crippen molar-refractivity contribution in [1.82, 2.24) is 9.97 Å². The van der Waals surface area contributed by atoms with Gasteiger partial charge in [-0.3, -0.25) is 10.1 Å². The van der Waals surface area contributed by atoms with Crippen molar-refractivity contribution >= 4 is 28.4 Å². The van der Waals surface area contributed by atoms with Crippen LogP contribution in [-0.4, -0.2) is 22.0 Å². The van der Waals surface area contributed by atoms with Gasteiger partial charge in [0.05, 0.1) is 34.2 Å². The molecule has 1 heterocycles. The smallest absolute Gasteiger partial charge is 0.416 e. The zero-order chi connectivity index (χ0) is 26.0. The SMILES string of the molecule is COc1cc(/C=C(\C#N)c2nc3ccc(C)cc3[nH]2)ccc1Oc1ccc(C(F)(F)F)cc1[N+](=O)[O-].[Cl-]. The van der Waals surface area contributed by atoms with Crippen molar-refractivity contribution in [3.63, 3.8) is 0 Å². The van der Waals surface area contributed by atoms with Gasteiger partial charge in [0.25, 0.3) is 0 Å². The van der Waals surface area contributed by atoms with Crippen LogP contribution >= 0.6 is 0 Å². The van der Waals surface area contributed by atoms with E-state index in [1.165, 1.54) is 19.2 Å². The lowest BCUT2D eigenvalue weighted by Gasteiger charge is -2.13. The van der Waals surface area contributed by atoms with Crippen LogP contribution < -0.4 is 21.9 Å². The number of hydrogen-bond donors (Lipinski definition) is 1. The van der Waals surface area contributed by atoms with Crippen LogP contribution in [0.2, 0.25) is 0 Å². The van der Waals surface area contributed by atoms with Gasteiger partial charge in [-0.25, -0.2) is 4.98 Å². The summed E-state index contributed by atoms with van der Waals surface area (Å²) in [5.41, 5.74) is 1.30. The highest BCUT2D eigenvalue weighted by Gasteiger charge is 2.33. The molecule has 0 saturated carbocycles. The van der Waals surface area contributed by atoms with Crippen molar-refractivity contribution in [3.8, 4) is 23.3 Å². The fraction of sp³-hybridized carbons (Fsp3) is 0.120. The molecule has 0 aliphatic rings. The maximum Gasteiger partial charge on any atom is 0.416 e. The highest BCUT2D eigenvalue weighted by Crippen LogP contribution is 2.40. The molecular formula is C25H17ClF3N4O4-. The first-order chi connectivity index (χ1) is 17.1. The Balaban J connectivity index is 0.00000380. The van der Waals surface area contributed by atoms with Crippen molar-refractivity contribution in [2.75, 3.05) is 7.11 Å². The van der Waals surface area contributed by atoms with Crippen LogP contribution in [0.15, 0.2) is 54.6 Å². The van der Waals surface area contributed by atoms with Gasteiger partial charge in [-0.1, -0.05) is 12.1 Å². The predicted octanol–water partition coefficient (Wildman–Crippen LogP) is 3.67. The third kappa shape index (κ3) is 5.82. The number of nitro groups is 1. The minimum Gasteiger partial charge on any atom is -1.00 e. The van der Waals surface area contributed by atoms with Gasteiger partial charge in [-0.15, -0.1) is 0 Å². The standard InChI is InChI=1S/C25H17F3N4O4.ClH/c1-14-3-6-18-19(9-14)31-24(30-18)16(13-29)10-15-4-7-22(23(11-15)35-2)36-21-8-5-17(25(26,27)28)12-20(21)32(33)34;/h3-12H,1-2H3,(H,30,31);1H/p-1/b16-10+;. The van der Waals surface area contributed by atoms with Crippen molar-refractivity contribution in [2.24, 2.45) is 0 Å². The Bertz CT molecular complexity index is 1560. The normalized spacial score (nSPS) is 11.5. The van der Waals surface area contributed by atoms with Crippen molar-refractivity contribution in [1.29, 1.82) is 5.26 Å². The summed E-state index contributed by atoms with van der Waals surface area (Å²) in [4.78, 5) is 17.9. The van der Waals surface area contributed by atoms with Crippen LogP contribution in [0, 0.1) is 28.4 Å². The number of nitro benzene ring substituents is 1. The third-order valence-electron chi connectivity index (χ3n) is 5.21. The summed E-state index contributed by atoms with van der Waals surface area (Å²) in [7, 11) is 1.34. The molecule has 4 aromatic rings. The van der Waals surface area contributed by atoms with Gasteiger partial charge in [-0.2, -0.15) is 18.4 Å². The van der Waals surface area contributed by atoms with E-state index in [9.17, 15) is 28.5 Å². The van der Waals surface area contributed by atoms with Gasteiger partial charge in [0.15, 0.2) is 11.5 Å². The van der Waals surface area contributed by atoms with E-state index in [-0.39, 0.29) is 35.2 Å². The van der Waals surface area contributed by atoms with E-state index in [4.69, 9.17) is 9.47 Å². The second kappa shape index (κ2) is 10.6. The number of fused-ring (bicyclic) bond motifs is 1. The molecule has 0 fully saturated rings. The number of hydrogen-bond acceptors (Lipinski definition) is 6. The van der Waals surface area contributed by atoms with Gasteiger partial charge >= 0.3 is 11.9 Å². The highest BCUT2D eigenvalue weighted by molar-refractivity contribution is 5.90. The lowest BCUT2D eigenvalue weighted by atomic mass is 10.1. The zero-order valence-electron chi connectivity index (χ0n) is 19.3. The fourth-order valence-electron chi connectivity index (χ4n) is 3.47. The molecule has 0 radical (unpaired) electrons. The molecule has 37 heavy (non-hydrogen) atoms. The van der Waals surface area contributed by atoms with Crippen LogP contribution in [0.3, 0.4) is 0 Å². The van der Waals surface area contributed by atoms with Crippen molar-refractivity contribution in [2.45, 2.75) is 13.1 Å². The number of aromatic nitrogens is 2. The second-order valence-corrected chi connectivity index (χ2v) is 7.73. The van der Waals surface area contributed by atoms with Gasteiger partial charge < -0.3 is 26.9 Å². The van der Waals surface area contributed by atoms with Gasteiger partial charge in [0.1, 0.15) is 11.9 Å². The molecule has 1 aromatic heterocycles. The van der Waals surface area contributed by atoms with Crippen LogP contribution in [0.5, 0.6) is 17.2 Å². The zero-order valence-corrected chi connectivity index (χ0v) is 20.0. The molecule has 3 aromatic carbocycles. The summed E-state index contributed by atoms with van der Waals surface area (Å²) in [6, 6.07) is 14.3. The first-order valence-electron chi connectivity index (χ1n) is 10.4. The number of aromatic amines is 1. The molecule has 8 nitrogen and oxygen atoms in total. The number of nitrogens with one attached hydrogen (secondary N) is 1. The van der Waals surface area contributed by atoms with Crippen LogP contribution in [-0.2, 0) is 6.18 Å². The first-order valence-corrected chi connectivity index (χ1v) is 10.4. The number of alkyl halides is 3.